The van der Waals surface area contributed by atoms with E-state index in [4.69, 9.17) is 22.1 Å². The second kappa shape index (κ2) is 15.7. The Kier molecular flexibility index (Phi) is 13.5. The molecule has 1 aromatic carbocycles. The van der Waals surface area contributed by atoms with Crippen LogP contribution in [0.3, 0.4) is 0 Å². The Morgan fingerprint density at radius 3 is 2.83 bits per heavy atom. The second-order valence-corrected chi connectivity index (χ2v) is 6.56. The van der Waals surface area contributed by atoms with Crippen LogP contribution in [0.25, 0.3) is 0 Å². The molecule has 1 atom stereocenters. The summed E-state index contributed by atoms with van der Waals surface area (Å²) in [6.45, 7) is 3.81. The maximum atomic E-state index is 12.2. The molecule has 0 fully saturated rings. The third kappa shape index (κ3) is 12.1. The topological polar surface area (TPSA) is 73.9 Å². The maximum absolute atomic E-state index is 12.2. The average molecular weight is 399 g/mol. The van der Waals surface area contributed by atoms with Crippen molar-refractivity contribution in [2.75, 3.05) is 40.0 Å². The van der Waals surface area contributed by atoms with E-state index in [0.29, 0.717) is 50.4 Å². The van der Waals surface area contributed by atoms with Crippen molar-refractivity contribution in [1.82, 2.24) is 5.32 Å². The summed E-state index contributed by atoms with van der Waals surface area (Å²) in [5.74, 6) is 5.64. The van der Waals surface area contributed by atoms with Crippen molar-refractivity contribution in [2.24, 2.45) is 0 Å². The number of hydrogen-bond donors (Lipinski definition) is 1. The fraction of sp³-hybridized carbons (Fsp3) is 0.545. The molecule has 29 heavy (non-hydrogen) atoms. The van der Waals surface area contributed by atoms with Gasteiger partial charge in [-0.05, 0) is 39.1 Å². The molecule has 0 aliphatic carbocycles. The van der Waals surface area contributed by atoms with E-state index in [1.165, 1.54) is 0 Å². The first-order chi connectivity index (χ1) is 14.1. The molecule has 1 aromatic rings. The first-order valence-corrected chi connectivity index (χ1v) is 9.87. The smallest absolute Gasteiger partial charge is 0.187 e. The van der Waals surface area contributed by atoms with Crippen LogP contribution in [-0.4, -0.2) is 65.5 Å². The summed E-state index contributed by atoms with van der Waals surface area (Å²) >= 11 is 0. The van der Waals surface area contributed by atoms with Crippen LogP contribution >= 0.6 is 0 Å². The third-order valence-electron chi connectivity index (χ3n) is 4.00. The zero-order chi connectivity index (χ0) is 21.3. The van der Waals surface area contributed by atoms with Crippen LogP contribution in [0.5, 0.6) is 5.75 Å². The number of carbonyl (C=O) groups excluding carboxylic acids is 2. The van der Waals surface area contributed by atoms with Gasteiger partial charge >= 0.3 is 0 Å². The molecule has 0 aliphatic heterocycles. The van der Waals surface area contributed by atoms with E-state index in [2.05, 4.69) is 17.1 Å². The van der Waals surface area contributed by atoms with E-state index in [1.54, 1.807) is 12.1 Å². The lowest BCUT2D eigenvalue weighted by atomic mass is 10.1. The highest BCUT2D eigenvalue weighted by Crippen LogP contribution is 2.16. The number of rotatable bonds is 16. The zero-order valence-corrected chi connectivity index (χ0v) is 17.4. The van der Waals surface area contributed by atoms with Crippen molar-refractivity contribution in [3.05, 3.63) is 29.8 Å². The molecule has 0 aliphatic rings. The van der Waals surface area contributed by atoms with E-state index in [0.717, 1.165) is 13.0 Å². The second-order valence-electron chi connectivity index (χ2n) is 6.56. The Labute approximate surface area is 175 Å². The number of carbonyl (C=O) groups is 2. The first-order valence-electron chi connectivity index (χ1n) is 9.87. The van der Waals surface area contributed by atoms with Crippen LogP contribution in [0.15, 0.2) is 24.3 Å². The summed E-state index contributed by atoms with van der Waals surface area (Å²) in [6.07, 6.45) is 1.95. The largest absolute Gasteiger partial charge is 0.491 e. The molecule has 1 rings (SSSR count). The standard InChI is InChI=1S/C22H30BNO5/c1-18(28-14-13-27-17-20(25)8-3-4-11-23)16-29-21-9-5-7-19(15-21)22(26)10-6-12-24-2/h5,7,9,15,18,24H,3,6,8,10,12-14,16-17H2,1-2H3. The van der Waals surface area contributed by atoms with E-state index >= 15 is 0 Å². The van der Waals surface area contributed by atoms with Crippen LogP contribution in [0.4, 0.5) is 0 Å². The fourth-order valence-corrected chi connectivity index (χ4v) is 2.43. The monoisotopic (exact) mass is 399 g/mol. The van der Waals surface area contributed by atoms with Gasteiger partial charge in [0.25, 0.3) is 0 Å². The molecule has 1 N–H and O–H groups in total. The molecule has 0 spiro atoms. The van der Waals surface area contributed by atoms with Gasteiger partial charge in [0, 0.05) is 24.8 Å². The van der Waals surface area contributed by atoms with Gasteiger partial charge in [-0.15, -0.1) is 5.92 Å². The molecule has 0 bridgehead atoms. The highest BCUT2D eigenvalue weighted by atomic mass is 16.6. The quantitative estimate of drug-likeness (QED) is 0.199. The summed E-state index contributed by atoms with van der Waals surface area (Å²) < 4.78 is 16.6. The number of benzene rings is 1. The minimum absolute atomic E-state index is 0.00971. The molecule has 2 radical (unpaired) electrons. The number of hydrogen-bond acceptors (Lipinski definition) is 6. The zero-order valence-electron chi connectivity index (χ0n) is 17.4. The van der Waals surface area contributed by atoms with Gasteiger partial charge in [0.05, 0.1) is 19.3 Å². The predicted molar refractivity (Wildman–Crippen MR) is 113 cm³/mol. The molecular weight excluding hydrogens is 369 g/mol. The molecule has 0 amide bonds. The minimum atomic E-state index is -0.149. The lowest BCUT2D eigenvalue weighted by Gasteiger charge is -2.15. The summed E-state index contributed by atoms with van der Waals surface area (Å²) in [6, 6.07) is 7.20. The Bertz CT molecular complexity index is 683. The average Bonchev–Trinajstić information content (AvgIpc) is 2.72. The minimum Gasteiger partial charge on any atom is -0.491 e. The fourth-order valence-electron chi connectivity index (χ4n) is 2.43. The highest BCUT2D eigenvalue weighted by Gasteiger charge is 2.08. The molecule has 6 nitrogen and oxygen atoms in total. The van der Waals surface area contributed by atoms with Crippen molar-refractivity contribution in [3.63, 3.8) is 0 Å². The van der Waals surface area contributed by atoms with E-state index < -0.39 is 0 Å². The Balaban J connectivity index is 2.21. The van der Waals surface area contributed by atoms with Gasteiger partial charge < -0.3 is 19.5 Å². The molecule has 0 saturated heterocycles. The first kappa shape index (κ1) is 24.9. The van der Waals surface area contributed by atoms with Gasteiger partial charge in [0.1, 0.15) is 19.0 Å². The highest BCUT2D eigenvalue weighted by molar-refractivity contribution is 6.22. The summed E-state index contributed by atoms with van der Waals surface area (Å²) in [5, 5.41) is 3.03. The molecule has 156 valence electrons. The van der Waals surface area contributed by atoms with Crippen LogP contribution in [0.1, 0.15) is 43.0 Å². The van der Waals surface area contributed by atoms with Gasteiger partial charge in [0.15, 0.2) is 19.4 Å². The Morgan fingerprint density at radius 2 is 2.07 bits per heavy atom. The van der Waals surface area contributed by atoms with Gasteiger partial charge in [-0.25, -0.2) is 0 Å². The van der Waals surface area contributed by atoms with Crippen LogP contribution in [-0.2, 0) is 14.3 Å². The van der Waals surface area contributed by atoms with Crippen molar-refractivity contribution < 1.29 is 23.8 Å². The van der Waals surface area contributed by atoms with Crippen LogP contribution < -0.4 is 10.1 Å². The van der Waals surface area contributed by atoms with E-state index in [9.17, 15) is 9.59 Å². The lowest BCUT2D eigenvalue weighted by molar-refractivity contribution is -0.124. The molecule has 0 saturated carbocycles. The molecule has 7 heteroatoms. The number of nitrogens with one attached hydrogen (secondary N) is 1. The SMILES string of the molecule is [B]C#CCCC(=O)COCCOC(C)COc1cccc(C(=O)CCCNC)c1. The van der Waals surface area contributed by atoms with Gasteiger partial charge in [0.2, 0.25) is 0 Å². The lowest BCUT2D eigenvalue weighted by Crippen LogP contribution is -2.21. The predicted octanol–water partition coefficient (Wildman–Crippen LogP) is 2.15. The van der Waals surface area contributed by atoms with Gasteiger partial charge in [-0.1, -0.05) is 12.1 Å². The van der Waals surface area contributed by atoms with Crippen molar-refractivity contribution >= 4 is 19.4 Å². The van der Waals surface area contributed by atoms with Crippen molar-refractivity contribution in [1.29, 1.82) is 0 Å². The molecule has 0 heterocycles. The number of ether oxygens (including phenoxy) is 3. The van der Waals surface area contributed by atoms with Crippen molar-refractivity contribution in [2.45, 2.75) is 38.7 Å². The summed E-state index contributed by atoms with van der Waals surface area (Å²) in [4.78, 5) is 23.7. The number of ketones is 2. The van der Waals surface area contributed by atoms with E-state index in [1.807, 2.05) is 26.1 Å². The van der Waals surface area contributed by atoms with Gasteiger partial charge in [-0.2, -0.15) is 5.82 Å². The van der Waals surface area contributed by atoms with Crippen LogP contribution in [0, 0.1) is 11.7 Å². The molecule has 0 aromatic heterocycles. The Morgan fingerprint density at radius 1 is 1.24 bits per heavy atom. The third-order valence-corrected chi connectivity index (χ3v) is 4.00. The molecular formula is C22H30BNO5. The van der Waals surface area contributed by atoms with Crippen LogP contribution in [0.2, 0.25) is 0 Å². The Hall–Kier alpha value is -2.14. The van der Waals surface area contributed by atoms with Crippen molar-refractivity contribution in [3.8, 4) is 17.5 Å². The maximum Gasteiger partial charge on any atom is 0.187 e. The summed E-state index contributed by atoms with van der Waals surface area (Å²) in [7, 11) is 6.91. The number of Topliss-reactive ketones (excluding diaryl/α,β-unsaturated/α-hetero) is 2. The summed E-state index contributed by atoms with van der Waals surface area (Å²) in [5.41, 5.74) is 0.655. The van der Waals surface area contributed by atoms with Gasteiger partial charge in [-0.3, -0.25) is 9.59 Å². The normalized spacial score (nSPS) is 11.4. The van der Waals surface area contributed by atoms with E-state index in [-0.39, 0.29) is 24.3 Å². The molecule has 1 unspecified atom stereocenters.